The van der Waals surface area contributed by atoms with E-state index in [4.69, 9.17) is 11.6 Å². The molecule has 1 fully saturated rings. The third-order valence-electron chi connectivity index (χ3n) is 4.63. The fourth-order valence-electron chi connectivity index (χ4n) is 3.23. The van der Waals surface area contributed by atoms with Crippen LogP contribution in [0.2, 0.25) is 5.02 Å². The lowest BCUT2D eigenvalue weighted by Gasteiger charge is -2.23. The SMILES string of the molecule is CC(C)(C)c1ccccc1NC(=O)[C@@H]1CC(=O)N(c2ccc(Cl)cc2)C1. The van der Waals surface area contributed by atoms with Crippen molar-refractivity contribution < 1.29 is 9.59 Å². The Hall–Kier alpha value is -2.33. The number of nitrogens with one attached hydrogen (secondary N) is 1. The minimum atomic E-state index is -0.369. The number of hydrogen-bond donors (Lipinski definition) is 1. The average molecular weight is 371 g/mol. The molecule has 0 spiro atoms. The summed E-state index contributed by atoms with van der Waals surface area (Å²) in [4.78, 5) is 26.8. The van der Waals surface area contributed by atoms with Gasteiger partial charge in [-0.15, -0.1) is 0 Å². The average Bonchev–Trinajstić information content (AvgIpc) is 2.97. The highest BCUT2D eigenvalue weighted by Crippen LogP contribution is 2.31. The largest absolute Gasteiger partial charge is 0.326 e. The molecule has 0 radical (unpaired) electrons. The second kappa shape index (κ2) is 7.12. The van der Waals surface area contributed by atoms with Crippen molar-refractivity contribution >= 4 is 34.8 Å². The molecule has 0 aromatic heterocycles. The third kappa shape index (κ3) is 3.91. The molecule has 3 rings (SSSR count). The number of rotatable bonds is 3. The second-order valence-electron chi connectivity index (χ2n) is 7.67. The van der Waals surface area contributed by atoms with Crippen LogP contribution in [0.4, 0.5) is 11.4 Å². The van der Waals surface area contributed by atoms with Crippen LogP contribution in [0.5, 0.6) is 0 Å². The highest BCUT2D eigenvalue weighted by atomic mass is 35.5. The lowest BCUT2D eigenvalue weighted by Crippen LogP contribution is -2.28. The van der Waals surface area contributed by atoms with Crippen LogP contribution in [-0.2, 0) is 15.0 Å². The minimum Gasteiger partial charge on any atom is -0.326 e. The molecule has 0 bridgehead atoms. The van der Waals surface area contributed by atoms with Crippen LogP contribution in [0.25, 0.3) is 0 Å². The Morgan fingerprint density at radius 1 is 1.12 bits per heavy atom. The van der Waals surface area contributed by atoms with Crippen molar-refractivity contribution in [1.82, 2.24) is 0 Å². The summed E-state index contributed by atoms with van der Waals surface area (Å²) < 4.78 is 0. The van der Waals surface area contributed by atoms with E-state index in [0.29, 0.717) is 11.6 Å². The van der Waals surface area contributed by atoms with Gasteiger partial charge in [0.25, 0.3) is 0 Å². The van der Waals surface area contributed by atoms with E-state index in [2.05, 4.69) is 26.1 Å². The lowest BCUT2D eigenvalue weighted by molar-refractivity contribution is -0.122. The molecule has 1 heterocycles. The highest BCUT2D eigenvalue weighted by molar-refractivity contribution is 6.30. The van der Waals surface area contributed by atoms with Gasteiger partial charge in [-0.2, -0.15) is 0 Å². The van der Waals surface area contributed by atoms with Gasteiger partial charge in [0.15, 0.2) is 0 Å². The number of carbonyl (C=O) groups is 2. The first kappa shape index (κ1) is 18.5. The zero-order valence-electron chi connectivity index (χ0n) is 15.3. The normalized spacial score (nSPS) is 17.5. The molecule has 0 aliphatic carbocycles. The molecule has 1 saturated heterocycles. The molecular formula is C21H23ClN2O2. The van der Waals surface area contributed by atoms with E-state index >= 15 is 0 Å². The second-order valence-corrected chi connectivity index (χ2v) is 8.10. The van der Waals surface area contributed by atoms with E-state index < -0.39 is 0 Å². The molecule has 0 saturated carbocycles. The first-order valence-corrected chi connectivity index (χ1v) is 9.10. The molecule has 1 aliphatic heterocycles. The zero-order valence-corrected chi connectivity index (χ0v) is 16.0. The van der Waals surface area contributed by atoms with Crippen molar-refractivity contribution in [2.24, 2.45) is 5.92 Å². The van der Waals surface area contributed by atoms with Crippen molar-refractivity contribution in [3.63, 3.8) is 0 Å². The maximum atomic E-state index is 12.8. The summed E-state index contributed by atoms with van der Waals surface area (Å²) in [6.45, 7) is 6.71. The Kier molecular flexibility index (Phi) is 5.05. The molecule has 2 aromatic carbocycles. The fourth-order valence-corrected chi connectivity index (χ4v) is 3.36. The molecule has 136 valence electrons. The van der Waals surface area contributed by atoms with Gasteiger partial charge in [-0.1, -0.05) is 50.6 Å². The van der Waals surface area contributed by atoms with Crippen molar-refractivity contribution in [3.8, 4) is 0 Å². The molecule has 5 heteroatoms. The Morgan fingerprint density at radius 2 is 1.77 bits per heavy atom. The summed E-state index contributed by atoms with van der Waals surface area (Å²) in [6, 6.07) is 14.9. The van der Waals surface area contributed by atoms with Crippen molar-refractivity contribution in [3.05, 3.63) is 59.1 Å². The van der Waals surface area contributed by atoms with Gasteiger partial charge in [0.1, 0.15) is 0 Å². The molecule has 26 heavy (non-hydrogen) atoms. The van der Waals surface area contributed by atoms with Crippen LogP contribution in [0.1, 0.15) is 32.8 Å². The summed E-state index contributed by atoms with van der Waals surface area (Å²) in [5.74, 6) is -0.533. The van der Waals surface area contributed by atoms with E-state index in [1.54, 1.807) is 29.2 Å². The number of para-hydroxylation sites is 1. The van der Waals surface area contributed by atoms with E-state index in [1.807, 2.05) is 24.3 Å². The molecule has 1 N–H and O–H groups in total. The number of halogens is 1. The van der Waals surface area contributed by atoms with Gasteiger partial charge in [-0.05, 0) is 41.3 Å². The topological polar surface area (TPSA) is 49.4 Å². The van der Waals surface area contributed by atoms with Crippen molar-refractivity contribution in [2.45, 2.75) is 32.6 Å². The molecule has 1 aliphatic rings. The fraction of sp³-hybridized carbons (Fsp3) is 0.333. The number of nitrogens with zero attached hydrogens (tertiary/aromatic N) is 1. The van der Waals surface area contributed by atoms with Crippen molar-refractivity contribution in [2.75, 3.05) is 16.8 Å². The summed E-state index contributed by atoms with van der Waals surface area (Å²) in [6.07, 6.45) is 0.214. The van der Waals surface area contributed by atoms with Gasteiger partial charge in [0.05, 0.1) is 5.92 Å². The van der Waals surface area contributed by atoms with Gasteiger partial charge >= 0.3 is 0 Å². The number of anilines is 2. The van der Waals surface area contributed by atoms with Crippen molar-refractivity contribution in [1.29, 1.82) is 0 Å². The molecule has 2 aromatic rings. The van der Waals surface area contributed by atoms with Gasteiger partial charge in [0.2, 0.25) is 11.8 Å². The minimum absolute atomic E-state index is 0.0448. The molecular weight excluding hydrogens is 348 g/mol. The number of hydrogen-bond acceptors (Lipinski definition) is 2. The number of carbonyl (C=O) groups excluding carboxylic acids is 2. The maximum Gasteiger partial charge on any atom is 0.229 e. The van der Waals surface area contributed by atoms with Crippen LogP contribution in [0.3, 0.4) is 0 Å². The predicted octanol–water partition coefficient (Wildman–Crippen LogP) is 4.63. The molecule has 2 amide bonds. The monoisotopic (exact) mass is 370 g/mol. The van der Waals surface area contributed by atoms with Gasteiger partial charge < -0.3 is 10.2 Å². The Labute approximate surface area is 159 Å². The summed E-state index contributed by atoms with van der Waals surface area (Å²) in [7, 11) is 0. The smallest absolute Gasteiger partial charge is 0.229 e. The van der Waals surface area contributed by atoms with Gasteiger partial charge in [-0.3, -0.25) is 9.59 Å². The van der Waals surface area contributed by atoms with E-state index in [1.165, 1.54) is 0 Å². The van der Waals surface area contributed by atoms with Gasteiger partial charge in [0, 0.05) is 29.4 Å². The van der Waals surface area contributed by atoms with Crippen LogP contribution < -0.4 is 10.2 Å². The lowest BCUT2D eigenvalue weighted by atomic mass is 9.85. The Bertz CT molecular complexity index is 825. The Balaban J connectivity index is 1.74. The quantitative estimate of drug-likeness (QED) is 0.856. The molecule has 1 atom stereocenters. The van der Waals surface area contributed by atoms with E-state index in [-0.39, 0.29) is 29.6 Å². The zero-order chi connectivity index (χ0) is 18.9. The molecule has 4 nitrogen and oxygen atoms in total. The van der Waals surface area contributed by atoms with E-state index in [0.717, 1.165) is 16.9 Å². The first-order chi connectivity index (χ1) is 12.3. The number of benzene rings is 2. The third-order valence-corrected chi connectivity index (χ3v) is 4.88. The maximum absolute atomic E-state index is 12.8. The standard InChI is InChI=1S/C21H23ClN2O2/c1-21(2,3)17-6-4-5-7-18(17)23-20(26)14-12-19(25)24(13-14)16-10-8-15(22)9-11-16/h4-11,14H,12-13H2,1-3H3,(H,23,26)/t14-/m1/s1. The van der Waals surface area contributed by atoms with Crippen LogP contribution >= 0.6 is 11.6 Å². The summed E-state index contributed by atoms with van der Waals surface area (Å²) >= 11 is 5.91. The molecule has 0 unspecified atom stereocenters. The Morgan fingerprint density at radius 3 is 2.42 bits per heavy atom. The number of amides is 2. The summed E-state index contributed by atoms with van der Waals surface area (Å²) in [5, 5.41) is 3.64. The van der Waals surface area contributed by atoms with Crippen LogP contribution in [0, 0.1) is 5.92 Å². The summed E-state index contributed by atoms with van der Waals surface area (Å²) in [5.41, 5.74) is 2.57. The predicted molar refractivity (Wildman–Crippen MR) is 106 cm³/mol. The van der Waals surface area contributed by atoms with Crippen LogP contribution in [-0.4, -0.2) is 18.4 Å². The van der Waals surface area contributed by atoms with Crippen LogP contribution in [0.15, 0.2) is 48.5 Å². The van der Waals surface area contributed by atoms with Gasteiger partial charge in [-0.25, -0.2) is 0 Å². The van der Waals surface area contributed by atoms with E-state index in [9.17, 15) is 9.59 Å². The first-order valence-electron chi connectivity index (χ1n) is 8.72. The highest BCUT2D eigenvalue weighted by Gasteiger charge is 2.35.